The lowest BCUT2D eigenvalue weighted by atomic mass is 10.1. The van der Waals surface area contributed by atoms with Crippen LogP contribution in [-0.4, -0.2) is 39.0 Å². The van der Waals surface area contributed by atoms with Gasteiger partial charge in [0.15, 0.2) is 5.16 Å². The number of amides is 1. The van der Waals surface area contributed by atoms with E-state index in [2.05, 4.69) is 10.3 Å². The Bertz CT molecular complexity index is 556. The highest BCUT2D eigenvalue weighted by Gasteiger charge is 2.20. The molecule has 0 saturated carbocycles. The number of rotatable bonds is 5. The molecule has 110 valence electrons. The molecule has 1 unspecified atom stereocenters. The Kier molecular flexibility index (Phi) is 4.82. The van der Waals surface area contributed by atoms with Gasteiger partial charge in [0.05, 0.1) is 6.10 Å². The van der Waals surface area contributed by atoms with Gasteiger partial charge in [-0.1, -0.05) is 25.6 Å². The number of hydrogen-bond donors (Lipinski definition) is 2. The first-order chi connectivity index (χ1) is 9.49. The molecule has 0 bridgehead atoms. The lowest BCUT2D eigenvalue weighted by Crippen LogP contribution is -2.37. The van der Waals surface area contributed by atoms with E-state index >= 15 is 0 Å². The Morgan fingerprint density at radius 3 is 3.05 bits per heavy atom. The van der Waals surface area contributed by atoms with Gasteiger partial charge in [0.1, 0.15) is 5.56 Å². The number of carbonyl (C=O) groups is 1. The van der Waals surface area contributed by atoms with Crippen molar-refractivity contribution in [1.82, 2.24) is 14.9 Å². The summed E-state index contributed by atoms with van der Waals surface area (Å²) in [6.07, 6.45) is 1.33. The third-order valence-corrected chi connectivity index (χ3v) is 4.01. The quantitative estimate of drug-likeness (QED) is 0.773. The molecule has 0 spiro atoms. The summed E-state index contributed by atoms with van der Waals surface area (Å²) >= 11 is 1.51. The van der Waals surface area contributed by atoms with Crippen molar-refractivity contribution in [3.63, 3.8) is 0 Å². The molecule has 1 aromatic heterocycles. The molecule has 0 saturated heterocycles. The first kappa shape index (κ1) is 15.1. The monoisotopic (exact) mass is 297 g/mol. The Morgan fingerprint density at radius 1 is 1.60 bits per heavy atom. The molecule has 2 N–H and O–H groups in total. The molecule has 0 aromatic carbocycles. The molecule has 1 amide bonds. The molecular formula is C13H19N3O3S. The van der Waals surface area contributed by atoms with Gasteiger partial charge in [0.2, 0.25) is 0 Å². The molecule has 1 aliphatic rings. The Labute approximate surface area is 121 Å². The van der Waals surface area contributed by atoms with Crippen molar-refractivity contribution in [2.24, 2.45) is 5.92 Å². The number of aromatic nitrogens is 2. The zero-order chi connectivity index (χ0) is 14.7. The normalized spacial score (nSPS) is 15.2. The van der Waals surface area contributed by atoms with Gasteiger partial charge in [-0.3, -0.25) is 14.2 Å². The predicted molar refractivity (Wildman–Crippen MR) is 77.0 cm³/mol. The maximum absolute atomic E-state index is 12.1. The lowest BCUT2D eigenvalue weighted by molar-refractivity contribution is 0.0897. The Morgan fingerprint density at radius 2 is 2.35 bits per heavy atom. The van der Waals surface area contributed by atoms with Gasteiger partial charge in [0, 0.05) is 25.0 Å². The van der Waals surface area contributed by atoms with Crippen LogP contribution in [0.1, 0.15) is 30.6 Å². The molecular weight excluding hydrogens is 278 g/mol. The van der Waals surface area contributed by atoms with Crippen molar-refractivity contribution < 1.29 is 9.90 Å². The summed E-state index contributed by atoms with van der Waals surface area (Å²) in [4.78, 5) is 28.2. The zero-order valence-corrected chi connectivity index (χ0v) is 12.4. The van der Waals surface area contributed by atoms with Gasteiger partial charge in [-0.05, 0) is 12.3 Å². The van der Waals surface area contributed by atoms with E-state index in [0.29, 0.717) is 24.0 Å². The number of fused-ring (bicyclic) bond motifs is 1. The lowest BCUT2D eigenvalue weighted by Gasteiger charge is -2.13. The van der Waals surface area contributed by atoms with E-state index in [4.69, 9.17) is 0 Å². The second-order valence-corrected chi connectivity index (χ2v) is 6.32. The van der Waals surface area contributed by atoms with E-state index in [1.807, 2.05) is 13.8 Å². The highest BCUT2D eigenvalue weighted by Crippen LogP contribution is 2.20. The van der Waals surface area contributed by atoms with Gasteiger partial charge in [-0.25, -0.2) is 4.98 Å². The minimum Gasteiger partial charge on any atom is -0.391 e. The van der Waals surface area contributed by atoms with Crippen LogP contribution in [0.15, 0.2) is 16.1 Å². The number of thioether (sulfide) groups is 1. The van der Waals surface area contributed by atoms with Crippen LogP contribution in [0.2, 0.25) is 0 Å². The predicted octanol–water partition coefficient (Wildman–Crippen LogP) is 0.486. The van der Waals surface area contributed by atoms with Crippen LogP contribution in [0.5, 0.6) is 0 Å². The maximum Gasteiger partial charge on any atom is 0.267 e. The van der Waals surface area contributed by atoms with Crippen molar-refractivity contribution in [2.45, 2.75) is 38.1 Å². The van der Waals surface area contributed by atoms with Gasteiger partial charge < -0.3 is 10.4 Å². The number of hydrogen-bond acceptors (Lipinski definition) is 5. The third-order valence-electron chi connectivity index (χ3n) is 3.04. The molecule has 1 aromatic rings. The second kappa shape index (κ2) is 6.41. The highest BCUT2D eigenvalue weighted by molar-refractivity contribution is 7.99. The summed E-state index contributed by atoms with van der Waals surface area (Å²) in [5, 5.41) is 13.0. The van der Waals surface area contributed by atoms with Crippen molar-refractivity contribution in [2.75, 3.05) is 12.3 Å². The fraction of sp³-hybridized carbons (Fsp3) is 0.615. The number of aliphatic hydroxyl groups is 1. The Balaban J connectivity index is 2.02. The largest absolute Gasteiger partial charge is 0.391 e. The fourth-order valence-corrected chi connectivity index (χ4v) is 3.02. The van der Waals surface area contributed by atoms with Crippen LogP contribution in [0.25, 0.3) is 0 Å². The molecule has 1 aliphatic heterocycles. The third kappa shape index (κ3) is 3.40. The van der Waals surface area contributed by atoms with Crippen LogP contribution in [0.4, 0.5) is 0 Å². The standard InChI is InChI=1S/C13H19N3O3S/c1-8(2)5-9(17)6-14-11(18)10-7-15-13-16(12(10)19)3-4-20-13/h7-9,17H,3-6H2,1-2H3,(H,14,18). The van der Waals surface area contributed by atoms with E-state index in [9.17, 15) is 14.7 Å². The number of nitrogens with zero attached hydrogens (tertiary/aromatic N) is 2. The van der Waals surface area contributed by atoms with Crippen molar-refractivity contribution in [1.29, 1.82) is 0 Å². The molecule has 6 nitrogen and oxygen atoms in total. The van der Waals surface area contributed by atoms with Crippen LogP contribution >= 0.6 is 11.8 Å². The number of aliphatic hydroxyl groups excluding tert-OH is 1. The molecule has 7 heteroatoms. The van der Waals surface area contributed by atoms with Crippen LogP contribution < -0.4 is 10.9 Å². The highest BCUT2D eigenvalue weighted by atomic mass is 32.2. The second-order valence-electron chi connectivity index (χ2n) is 5.25. The maximum atomic E-state index is 12.1. The van der Waals surface area contributed by atoms with Gasteiger partial charge in [-0.15, -0.1) is 0 Å². The van der Waals surface area contributed by atoms with Gasteiger partial charge >= 0.3 is 0 Å². The van der Waals surface area contributed by atoms with E-state index in [1.165, 1.54) is 22.5 Å². The van der Waals surface area contributed by atoms with Crippen molar-refractivity contribution in [3.8, 4) is 0 Å². The Hall–Kier alpha value is -1.34. The molecule has 2 heterocycles. The molecule has 0 radical (unpaired) electrons. The van der Waals surface area contributed by atoms with E-state index in [-0.39, 0.29) is 17.7 Å². The average molecular weight is 297 g/mol. The summed E-state index contributed by atoms with van der Waals surface area (Å²) in [5.41, 5.74) is -0.274. The van der Waals surface area contributed by atoms with Crippen molar-refractivity contribution in [3.05, 3.63) is 22.1 Å². The molecule has 0 fully saturated rings. The summed E-state index contributed by atoms with van der Waals surface area (Å²) in [6, 6.07) is 0. The van der Waals surface area contributed by atoms with Gasteiger partial charge in [0.25, 0.3) is 11.5 Å². The number of carbonyl (C=O) groups excluding carboxylic acids is 1. The molecule has 1 atom stereocenters. The van der Waals surface area contributed by atoms with Crippen LogP contribution in [0.3, 0.4) is 0 Å². The molecule has 0 aliphatic carbocycles. The first-order valence-electron chi connectivity index (χ1n) is 6.68. The van der Waals surface area contributed by atoms with Gasteiger partial charge in [-0.2, -0.15) is 0 Å². The summed E-state index contributed by atoms with van der Waals surface area (Å²) in [5.74, 6) is 0.684. The summed E-state index contributed by atoms with van der Waals surface area (Å²) < 4.78 is 1.52. The topological polar surface area (TPSA) is 84.2 Å². The van der Waals surface area contributed by atoms with Crippen molar-refractivity contribution >= 4 is 17.7 Å². The first-order valence-corrected chi connectivity index (χ1v) is 7.66. The SMILES string of the molecule is CC(C)CC(O)CNC(=O)c1cnc2n(c1=O)CCS2. The number of nitrogens with one attached hydrogen (secondary N) is 1. The smallest absolute Gasteiger partial charge is 0.267 e. The van der Waals surface area contributed by atoms with Crippen LogP contribution in [0, 0.1) is 5.92 Å². The fourth-order valence-electron chi connectivity index (χ4n) is 2.11. The summed E-state index contributed by atoms with van der Waals surface area (Å²) in [6.45, 7) is 4.73. The minimum absolute atomic E-state index is 0.0352. The summed E-state index contributed by atoms with van der Waals surface area (Å²) in [7, 11) is 0. The minimum atomic E-state index is -0.598. The molecule has 20 heavy (non-hydrogen) atoms. The zero-order valence-electron chi connectivity index (χ0n) is 11.6. The van der Waals surface area contributed by atoms with Crippen LogP contribution in [-0.2, 0) is 6.54 Å². The molecule has 2 rings (SSSR count). The average Bonchev–Trinajstić information content (AvgIpc) is 2.85. The van der Waals surface area contributed by atoms with E-state index < -0.39 is 12.0 Å². The van der Waals surface area contributed by atoms with E-state index in [0.717, 1.165) is 5.75 Å². The van der Waals surface area contributed by atoms with E-state index in [1.54, 1.807) is 0 Å².